The fraction of sp³-hybridized carbons (Fsp3) is 0.381. The van der Waals surface area contributed by atoms with Crippen LogP contribution in [0.15, 0.2) is 47.4 Å². The molecule has 0 unspecified atom stereocenters. The van der Waals surface area contributed by atoms with E-state index in [2.05, 4.69) is 4.72 Å². The maximum atomic E-state index is 13.2. The van der Waals surface area contributed by atoms with Crippen molar-refractivity contribution >= 4 is 27.6 Å². The normalized spacial score (nSPS) is 12.6. The highest BCUT2D eigenvalue weighted by Crippen LogP contribution is 2.31. The number of ether oxygens (including phenoxy) is 2. The molecule has 1 N–H and O–H groups in total. The van der Waals surface area contributed by atoms with E-state index in [1.807, 2.05) is 19.9 Å². The van der Waals surface area contributed by atoms with E-state index in [1.165, 1.54) is 7.11 Å². The van der Waals surface area contributed by atoms with Crippen LogP contribution in [0.4, 0.5) is 0 Å². The smallest absolute Gasteiger partial charge is 0.307 e. The van der Waals surface area contributed by atoms with Gasteiger partial charge in [0.05, 0.1) is 26.2 Å². The van der Waals surface area contributed by atoms with Crippen molar-refractivity contribution < 1.29 is 22.7 Å². The van der Waals surface area contributed by atoms with E-state index in [-0.39, 0.29) is 29.6 Å². The number of halogens is 1. The molecule has 2 rings (SSSR count). The zero-order chi connectivity index (χ0) is 21.6. The molecule has 0 aliphatic carbocycles. The van der Waals surface area contributed by atoms with E-state index in [9.17, 15) is 13.2 Å². The fourth-order valence-electron chi connectivity index (χ4n) is 2.87. The lowest BCUT2D eigenvalue weighted by Gasteiger charge is -2.21. The maximum absolute atomic E-state index is 13.2. The molecule has 29 heavy (non-hydrogen) atoms. The lowest BCUT2D eigenvalue weighted by Crippen LogP contribution is -2.31. The monoisotopic (exact) mass is 439 g/mol. The van der Waals surface area contributed by atoms with Gasteiger partial charge in [-0.2, -0.15) is 0 Å². The first-order valence-electron chi connectivity index (χ1n) is 9.29. The van der Waals surface area contributed by atoms with Crippen LogP contribution in [0.3, 0.4) is 0 Å². The third-order valence-electron chi connectivity index (χ3n) is 4.40. The molecule has 6 nitrogen and oxygen atoms in total. The maximum Gasteiger partial charge on any atom is 0.307 e. The van der Waals surface area contributed by atoms with Gasteiger partial charge in [-0.25, -0.2) is 13.1 Å². The van der Waals surface area contributed by atoms with E-state index in [1.54, 1.807) is 43.3 Å². The second kappa shape index (κ2) is 10.1. The van der Waals surface area contributed by atoms with Gasteiger partial charge in [0.1, 0.15) is 10.6 Å². The van der Waals surface area contributed by atoms with Crippen molar-refractivity contribution in [1.29, 1.82) is 0 Å². The van der Waals surface area contributed by atoms with Gasteiger partial charge in [0.2, 0.25) is 10.0 Å². The minimum atomic E-state index is -4.03. The summed E-state index contributed by atoms with van der Waals surface area (Å²) in [6.07, 6.45) is -0.191. The fourth-order valence-corrected chi connectivity index (χ4v) is 4.56. The highest BCUT2D eigenvalue weighted by atomic mass is 35.5. The molecule has 2 aromatic rings. The summed E-state index contributed by atoms with van der Waals surface area (Å²) in [5.74, 6) is -0.173. The zero-order valence-electron chi connectivity index (χ0n) is 16.9. The molecular weight excluding hydrogens is 414 g/mol. The lowest BCUT2D eigenvalue weighted by molar-refractivity contribution is -0.143. The van der Waals surface area contributed by atoms with Gasteiger partial charge in [-0.15, -0.1) is 0 Å². The summed E-state index contributed by atoms with van der Waals surface area (Å²) >= 11 is 6.27. The van der Waals surface area contributed by atoms with Gasteiger partial charge < -0.3 is 9.47 Å². The van der Waals surface area contributed by atoms with E-state index < -0.39 is 22.0 Å². The Morgan fingerprint density at radius 3 is 2.45 bits per heavy atom. The van der Waals surface area contributed by atoms with E-state index in [0.29, 0.717) is 10.6 Å². The van der Waals surface area contributed by atoms with Crippen LogP contribution in [0, 0.1) is 0 Å². The lowest BCUT2D eigenvalue weighted by atomic mass is 10.0. The number of benzene rings is 2. The molecule has 0 amide bonds. The third-order valence-corrected chi connectivity index (χ3v) is 6.24. The van der Waals surface area contributed by atoms with E-state index >= 15 is 0 Å². The Morgan fingerprint density at radius 1 is 1.17 bits per heavy atom. The molecule has 0 saturated carbocycles. The minimum Gasteiger partial charge on any atom is -0.495 e. The van der Waals surface area contributed by atoms with Crippen LogP contribution in [0.25, 0.3) is 0 Å². The van der Waals surface area contributed by atoms with Gasteiger partial charge in [-0.1, -0.05) is 49.7 Å². The van der Waals surface area contributed by atoms with Gasteiger partial charge in [0.25, 0.3) is 0 Å². The number of hydrogen-bond acceptors (Lipinski definition) is 5. The Balaban J connectivity index is 2.47. The Bertz CT molecular complexity index is 959. The molecule has 2 aromatic carbocycles. The first-order valence-corrected chi connectivity index (χ1v) is 11.2. The molecule has 0 aliphatic heterocycles. The van der Waals surface area contributed by atoms with Gasteiger partial charge in [0, 0.05) is 5.02 Å². The number of hydrogen-bond donors (Lipinski definition) is 1. The van der Waals surface area contributed by atoms with Gasteiger partial charge in [-0.3, -0.25) is 4.79 Å². The number of esters is 1. The molecule has 8 heteroatoms. The molecule has 158 valence electrons. The highest BCUT2D eigenvalue weighted by molar-refractivity contribution is 7.89. The summed E-state index contributed by atoms with van der Waals surface area (Å²) in [6.45, 7) is 5.83. The van der Waals surface area contributed by atoms with Crippen molar-refractivity contribution in [3.8, 4) is 5.75 Å². The van der Waals surface area contributed by atoms with Crippen molar-refractivity contribution in [3.05, 3.63) is 58.6 Å². The Labute approximate surface area is 177 Å². The molecule has 0 aromatic heterocycles. The highest BCUT2D eigenvalue weighted by Gasteiger charge is 2.28. The van der Waals surface area contributed by atoms with Crippen molar-refractivity contribution in [3.63, 3.8) is 0 Å². The van der Waals surface area contributed by atoms with Crippen LogP contribution >= 0.6 is 11.6 Å². The molecule has 0 saturated heterocycles. The number of methoxy groups -OCH3 is 1. The van der Waals surface area contributed by atoms with Crippen LogP contribution in [-0.4, -0.2) is 28.1 Å². The largest absolute Gasteiger partial charge is 0.495 e. The average Bonchev–Trinajstić information content (AvgIpc) is 2.67. The second-order valence-electron chi connectivity index (χ2n) is 6.77. The predicted molar refractivity (Wildman–Crippen MR) is 113 cm³/mol. The summed E-state index contributed by atoms with van der Waals surface area (Å²) in [6, 6.07) is 10.9. The topological polar surface area (TPSA) is 81.7 Å². The van der Waals surface area contributed by atoms with Crippen LogP contribution in [0.1, 0.15) is 50.3 Å². The van der Waals surface area contributed by atoms with Gasteiger partial charge in [-0.05, 0) is 42.2 Å². The van der Waals surface area contributed by atoms with E-state index in [0.717, 1.165) is 5.56 Å². The summed E-state index contributed by atoms with van der Waals surface area (Å²) in [5.41, 5.74) is 1.34. The summed E-state index contributed by atoms with van der Waals surface area (Å²) in [7, 11) is -2.61. The van der Waals surface area contributed by atoms with Gasteiger partial charge >= 0.3 is 5.97 Å². The second-order valence-corrected chi connectivity index (χ2v) is 8.86. The molecule has 0 heterocycles. The number of sulfonamides is 1. The summed E-state index contributed by atoms with van der Waals surface area (Å²) in [4.78, 5) is 12.1. The number of nitrogens with one attached hydrogen (secondary N) is 1. The number of carbonyl (C=O) groups is 1. The molecular formula is C21H26ClNO5S. The first kappa shape index (κ1) is 23.2. The van der Waals surface area contributed by atoms with Crippen LogP contribution in [0.2, 0.25) is 5.02 Å². The van der Waals surface area contributed by atoms with Crippen LogP contribution < -0.4 is 9.46 Å². The van der Waals surface area contributed by atoms with Crippen molar-refractivity contribution in [2.24, 2.45) is 0 Å². The zero-order valence-corrected chi connectivity index (χ0v) is 18.5. The van der Waals surface area contributed by atoms with Crippen molar-refractivity contribution in [1.82, 2.24) is 4.72 Å². The molecule has 0 bridgehead atoms. The Morgan fingerprint density at radius 2 is 1.86 bits per heavy atom. The van der Waals surface area contributed by atoms with Crippen LogP contribution in [-0.2, 0) is 19.6 Å². The quantitative estimate of drug-likeness (QED) is 0.584. The number of carbonyl (C=O) groups excluding carboxylic acids is 1. The van der Waals surface area contributed by atoms with Crippen molar-refractivity contribution in [2.75, 3.05) is 13.7 Å². The predicted octanol–water partition coefficient (Wildman–Crippen LogP) is 4.44. The van der Waals surface area contributed by atoms with E-state index in [4.69, 9.17) is 21.1 Å². The SMILES string of the molecule is CCOC(=O)C[C@H](NS(=O)(=O)c1cc(C(C)C)ccc1OC)c1ccccc1Cl. The van der Waals surface area contributed by atoms with Gasteiger partial charge in [0.15, 0.2) is 0 Å². The minimum absolute atomic E-state index is 0.00659. The number of rotatable bonds is 9. The Hall–Kier alpha value is -2.09. The standard InChI is InChI=1S/C21H26ClNO5S/c1-5-28-21(24)13-18(16-8-6-7-9-17(16)22)23-29(25,26)20-12-15(14(2)3)10-11-19(20)27-4/h6-12,14,18,23H,5,13H2,1-4H3/t18-/m0/s1. The Kier molecular flexibility index (Phi) is 8.07. The molecule has 1 atom stereocenters. The molecule has 0 radical (unpaired) electrons. The molecule has 0 fully saturated rings. The van der Waals surface area contributed by atoms with Crippen molar-refractivity contribution in [2.45, 2.75) is 44.0 Å². The average molecular weight is 440 g/mol. The van der Waals surface area contributed by atoms with Crippen LogP contribution in [0.5, 0.6) is 5.75 Å². The molecule has 0 aliphatic rings. The summed E-state index contributed by atoms with van der Waals surface area (Å²) < 4.78 is 39.3. The molecule has 0 spiro atoms. The third kappa shape index (κ3) is 5.95. The summed E-state index contributed by atoms with van der Waals surface area (Å²) in [5, 5.41) is 0.354. The first-order chi connectivity index (χ1) is 13.7.